The van der Waals surface area contributed by atoms with Gasteiger partial charge >= 0.3 is 11.9 Å². The first kappa shape index (κ1) is 54.4. The van der Waals surface area contributed by atoms with E-state index in [0.29, 0.717) is 12.8 Å². The monoisotopic (exact) mass is 833 g/mol. The number of hydrogen-bond acceptors (Lipinski definition) is 10. The van der Waals surface area contributed by atoms with E-state index in [1.54, 1.807) is 0 Å². The second-order valence-electron chi connectivity index (χ2n) is 15.8. The van der Waals surface area contributed by atoms with E-state index in [1.807, 2.05) is 0 Å². The van der Waals surface area contributed by atoms with Gasteiger partial charge in [-0.05, 0) is 77.0 Å². The van der Waals surface area contributed by atoms with Gasteiger partial charge in [-0.1, -0.05) is 152 Å². The Morgan fingerprint density at radius 3 is 1.51 bits per heavy atom. The van der Waals surface area contributed by atoms with Crippen LogP contribution in [0.25, 0.3) is 0 Å². The number of aliphatic hydroxyl groups excluding tert-OH is 4. The van der Waals surface area contributed by atoms with Crippen molar-refractivity contribution in [1.82, 2.24) is 0 Å². The molecule has 0 aromatic heterocycles. The molecule has 0 amide bonds. The summed E-state index contributed by atoms with van der Waals surface area (Å²) in [5, 5.41) is 40.1. The maximum absolute atomic E-state index is 12.8. The van der Waals surface area contributed by atoms with Gasteiger partial charge in [0.05, 0.1) is 13.2 Å². The fourth-order valence-electron chi connectivity index (χ4n) is 6.65. The summed E-state index contributed by atoms with van der Waals surface area (Å²) in [5.74, 6) is -0.879. The molecule has 1 heterocycles. The van der Waals surface area contributed by atoms with Crippen LogP contribution in [0.1, 0.15) is 181 Å². The van der Waals surface area contributed by atoms with Crippen LogP contribution < -0.4 is 0 Å². The quantitative estimate of drug-likeness (QED) is 0.0269. The first-order valence-corrected chi connectivity index (χ1v) is 23.4. The molecule has 0 aromatic rings. The summed E-state index contributed by atoms with van der Waals surface area (Å²) in [5.41, 5.74) is 0. The third-order valence-corrected chi connectivity index (χ3v) is 10.4. The molecule has 59 heavy (non-hydrogen) atoms. The fourth-order valence-corrected chi connectivity index (χ4v) is 6.65. The Bertz CT molecular complexity index is 1150. The third kappa shape index (κ3) is 31.0. The zero-order chi connectivity index (χ0) is 43.0. The van der Waals surface area contributed by atoms with Crippen LogP contribution in [0.5, 0.6) is 0 Å². The van der Waals surface area contributed by atoms with Crippen molar-refractivity contribution in [2.24, 2.45) is 0 Å². The topological polar surface area (TPSA) is 152 Å². The molecule has 6 atom stereocenters. The van der Waals surface area contributed by atoms with Crippen LogP contribution in [0.3, 0.4) is 0 Å². The molecule has 1 saturated heterocycles. The Kier molecular flexibility index (Phi) is 36.5. The lowest BCUT2D eigenvalue weighted by molar-refractivity contribution is -0.305. The molecular weight excluding hydrogens is 749 g/mol. The lowest BCUT2D eigenvalue weighted by atomic mass is 9.99. The molecule has 0 saturated carbocycles. The first-order chi connectivity index (χ1) is 28.8. The molecule has 10 heteroatoms. The minimum absolute atomic E-state index is 0.200. The van der Waals surface area contributed by atoms with Crippen molar-refractivity contribution in [3.63, 3.8) is 0 Å². The Labute approximate surface area is 358 Å². The van der Waals surface area contributed by atoms with Gasteiger partial charge in [-0.25, -0.2) is 0 Å². The number of carbonyl (C=O) groups excluding carboxylic acids is 2. The highest BCUT2D eigenvalue weighted by atomic mass is 16.7. The highest BCUT2D eigenvalue weighted by Crippen LogP contribution is 2.22. The number of carbonyl (C=O) groups is 2. The molecule has 0 radical (unpaired) electrons. The molecule has 4 N–H and O–H groups in total. The van der Waals surface area contributed by atoms with Crippen molar-refractivity contribution in [3.8, 4) is 0 Å². The largest absolute Gasteiger partial charge is 0.462 e. The van der Waals surface area contributed by atoms with Crippen LogP contribution in [0.4, 0.5) is 0 Å². The van der Waals surface area contributed by atoms with Crippen LogP contribution in [-0.2, 0) is 28.5 Å². The summed E-state index contributed by atoms with van der Waals surface area (Å²) in [6.07, 6.45) is 40.8. The summed E-state index contributed by atoms with van der Waals surface area (Å²) in [7, 11) is 0. The zero-order valence-electron chi connectivity index (χ0n) is 37.0. The van der Waals surface area contributed by atoms with Gasteiger partial charge < -0.3 is 39.4 Å². The highest BCUT2D eigenvalue weighted by molar-refractivity contribution is 5.70. The van der Waals surface area contributed by atoms with Gasteiger partial charge in [0.2, 0.25) is 0 Å². The number of aliphatic hydroxyl groups is 4. The van der Waals surface area contributed by atoms with Crippen LogP contribution in [0.2, 0.25) is 0 Å². The molecule has 1 aliphatic heterocycles. The van der Waals surface area contributed by atoms with E-state index in [0.717, 1.165) is 57.8 Å². The van der Waals surface area contributed by atoms with Crippen molar-refractivity contribution in [2.75, 3.05) is 19.8 Å². The normalized spacial score (nSPS) is 20.5. The van der Waals surface area contributed by atoms with Crippen molar-refractivity contribution < 1.29 is 49.0 Å². The maximum Gasteiger partial charge on any atom is 0.306 e. The van der Waals surface area contributed by atoms with E-state index in [-0.39, 0.29) is 26.1 Å². The van der Waals surface area contributed by atoms with Crippen molar-refractivity contribution >= 4 is 11.9 Å². The molecule has 340 valence electrons. The summed E-state index contributed by atoms with van der Waals surface area (Å²) in [4.78, 5) is 25.3. The number of ether oxygens (including phenoxy) is 4. The summed E-state index contributed by atoms with van der Waals surface area (Å²) >= 11 is 0. The van der Waals surface area contributed by atoms with Crippen molar-refractivity contribution in [1.29, 1.82) is 0 Å². The predicted octanol–water partition coefficient (Wildman–Crippen LogP) is 10.2. The van der Waals surface area contributed by atoms with E-state index in [2.05, 4.69) is 74.6 Å². The number of unbranched alkanes of at least 4 members (excludes halogenated alkanes) is 17. The average Bonchev–Trinajstić information content (AvgIpc) is 3.23. The van der Waals surface area contributed by atoms with Crippen LogP contribution in [0, 0.1) is 0 Å². The standard InChI is InChI=1S/C49H84O10/c1-3-5-7-9-11-13-15-17-19-21-23-25-27-29-31-33-35-37-44(51)56-40-42(41-57-49-48(55)47(54)46(53)43(39-50)59-49)58-45(52)38-36-34-32-30-28-26-24-22-20-18-16-14-12-10-8-6-4-2/h12,14,17-20,23,25,29,31,42-43,46-50,53-55H,3-11,13,15-16,21-22,24,26-28,30,32-41H2,1-2H3/b14-12+,19-17+,20-18+,25-23+,31-29+/t42-,43-,46+,47?,48?,49-/m0/s1. The Morgan fingerprint density at radius 2 is 0.966 bits per heavy atom. The van der Waals surface area contributed by atoms with Crippen molar-refractivity contribution in [3.05, 3.63) is 60.8 Å². The van der Waals surface area contributed by atoms with Gasteiger partial charge in [0.1, 0.15) is 31.0 Å². The van der Waals surface area contributed by atoms with Gasteiger partial charge in [-0.3, -0.25) is 9.59 Å². The number of rotatable bonds is 38. The second kappa shape index (κ2) is 39.5. The van der Waals surface area contributed by atoms with E-state index in [9.17, 15) is 30.0 Å². The fraction of sp³-hybridized carbons (Fsp3) is 0.755. The minimum atomic E-state index is -1.61. The summed E-state index contributed by atoms with van der Waals surface area (Å²) in [6.45, 7) is 3.33. The molecule has 1 rings (SSSR count). The molecule has 0 bridgehead atoms. The summed E-state index contributed by atoms with van der Waals surface area (Å²) < 4.78 is 22.1. The molecule has 1 fully saturated rings. The number of allylic oxidation sites excluding steroid dienone is 10. The van der Waals surface area contributed by atoms with Gasteiger partial charge in [-0.2, -0.15) is 0 Å². The van der Waals surface area contributed by atoms with E-state index >= 15 is 0 Å². The average molecular weight is 833 g/mol. The summed E-state index contributed by atoms with van der Waals surface area (Å²) in [6, 6.07) is 0. The number of esters is 2. The van der Waals surface area contributed by atoms with Gasteiger partial charge in [0, 0.05) is 12.8 Å². The molecule has 0 aromatic carbocycles. The van der Waals surface area contributed by atoms with Gasteiger partial charge in [0.25, 0.3) is 0 Å². The van der Waals surface area contributed by atoms with Crippen molar-refractivity contribution in [2.45, 2.75) is 218 Å². The minimum Gasteiger partial charge on any atom is -0.462 e. The van der Waals surface area contributed by atoms with E-state index < -0.39 is 55.4 Å². The molecule has 1 aliphatic rings. The lowest BCUT2D eigenvalue weighted by Crippen LogP contribution is -2.59. The SMILES string of the molecule is CCCCC/C=C/C/C=C/CCCCCCCCCC(=O)O[C@@H](COC(=O)CCC/C=C/C/C=C/C/C=C/CCCCCCCC)CO[C@H]1O[C@@H](CO)[C@@H](O)C(O)C1O. The molecule has 10 nitrogen and oxygen atoms in total. The maximum atomic E-state index is 12.8. The Balaban J connectivity index is 2.36. The molecule has 0 spiro atoms. The first-order valence-electron chi connectivity index (χ1n) is 23.4. The van der Waals surface area contributed by atoms with E-state index in [4.69, 9.17) is 18.9 Å². The molecular formula is C49H84O10. The smallest absolute Gasteiger partial charge is 0.306 e. The van der Waals surface area contributed by atoms with Crippen LogP contribution in [-0.4, -0.2) is 89.0 Å². The zero-order valence-corrected chi connectivity index (χ0v) is 37.0. The highest BCUT2D eigenvalue weighted by Gasteiger charge is 2.44. The van der Waals surface area contributed by atoms with Gasteiger partial charge in [-0.15, -0.1) is 0 Å². The van der Waals surface area contributed by atoms with E-state index in [1.165, 1.54) is 83.5 Å². The van der Waals surface area contributed by atoms with Crippen LogP contribution in [0.15, 0.2) is 60.8 Å². The van der Waals surface area contributed by atoms with Gasteiger partial charge in [0.15, 0.2) is 12.4 Å². The Hall–Kier alpha value is -2.60. The molecule has 0 aliphatic carbocycles. The second-order valence-corrected chi connectivity index (χ2v) is 15.8. The lowest BCUT2D eigenvalue weighted by Gasteiger charge is -2.39. The Morgan fingerprint density at radius 1 is 0.525 bits per heavy atom. The third-order valence-electron chi connectivity index (χ3n) is 10.4. The number of hydrogen-bond donors (Lipinski definition) is 4. The predicted molar refractivity (Wildman–Crippen MR) is 238 cm³/mol. The molecule has 2 unspecified atom stereocenters. The van der Waals surface area contributed by atoms with Crippen LogP contribution >= 0.6 is 0 Å².